The molecule has 0 radical (unpaired) electrons. The second-order valence-corrected chi connectivity index (χ2v) is 7.17. The molecule has 3 aromatic rings. The topological polar surface area (TPSA) is 77.8 Å². The van der Waals surface area contributed by atoms with Gasteiger partial charge in [0.05, 0.1) is 27.4 Å². The van der Waals surface area contributed by atoms with Crippen LogP contribution in [0.2, 0.25) is 0 Å². The predicted octanol–water partition coefficient (Wildman–Crippen LogP) is 3.04. The summed E-state index contributed by atoms with van der Waals surface area (Å²) < 4.78 is 17.7. The van der Waals surface area contributed by atoms with Crippen molar-refractivity contribution in [2.75, 3.05) is 50.7 Å². The number of carbonyl (C=O) groups excluding carboxylic acids is 1. The monoisotopic (exact) mass is 422 g/mol. The lowest BCUT2D eigenvalue weighted by Crippen LogP contribution is -2.36. The van der Waals surface area contributed by atoms with Gasteiger partial charge in [0, 0.05) is 36.6 Å². The number of hydrogen-bond acceptors (Lipinski definition) is 6. The molecular weight excluding hydrogens is 396 g/mol. The van der Waals surface area contributed by atoms with E-state index in [4.69, 9.17) is 19.3 Å². The van der Waals surface area contributed by atoms with E-state index >= 15 is 0 Å². The van der Waals surface area contributed by atoms with Gasteiger partial charge < -0.3 is 24.4 Å². The van der Waals surface area contributed by atoms with E-state index in [1.54, 1.807) is 25.0 Å². The third-order valence-corrected chi connectivity index (χ3v) is 5.11. The van der Waals surface area contributed by atoms with Crippen molar-refractivity contribution in [1.29, 1.82) is 0 Å². The lowest BCUT2D eigenvalue weighted by Gasteiger charge is -2.27. The summed E-state index contributed by atoms with van der Waals surface area (Å²) in [4.78, 5) is 14.8. The second kappa shape index (κ2) is 9.53. The Morgan fingerprint density at radius 2 is 1.81 bits per heavy atom. The van der Waals surface area contributed by atoms with E-state index in [-0.39, 0.29) is 12.5 Å². The molecule has 0 unspecified atom stereocenters. The molecule has 1 aromatic heterocycles. The molecule has 1 N–H and O–H groups in total. The molecule has 0 atom stereocenters. The molecule has 1 aliphatic rings. The zero-order valence-electron chi connectivity index (χ0n) is 17.7. The highest BCUT2D eigenvalue weighted by atomic mass is 16.5. The van der Waals surface area contributed by atoms with Crippen LogP contribution in [0.25, 0.3) is 11.1 Å². The van der Waals surface area contributed by atoms with Gasteiger partial charge in [0.15, 0.2) is 5.82 Å². The Kier molecular flexibility index (Phi) is 6.37. The van der Waals surface area contributed by atoms with Gasteiger partial charge in [0.25, 0.3) is 0 Å². The van der Waals surface area contributed by atoms with Crippen LogP contribution in [-0.4, -0.2) is 56.2 Å². The maximum atomic E-state index is 12.6. The van der Waals surface area contributed by atoms with Crippen molar-refractivity contribution in [3.05, 3.63) is 54.7 Å². The number of anilines is 2. The van der Waals surface area contributed by atoms with Crippen LogP contribution in [0.5, 0.6) is 11.5 Å². The zero-order chi connectivity index (χ0) is 21.6. The Balaban J connectivity index is 1.56. The van der Waals surface area contributed by atoms with Gasteiger partial charge >= 0.3 is 0 Å². The van der Waals surface area contributed by atoms with Crippen LogP contribution >= 0.6 is 0 Å². The maximum absolute atomic E-state index is 12.6. The zero-order valence-corrected chi connectivity index (χ0v) is 17.7. The number of rotatable bonds is 7. The van der Waals surface area contributed by atoms with Gasteiger partial charge in [-0.25, -0.2) is 0 Å². The van der Waals surface area contributed by atoms with Gasteiger partial charge in [-0.3, -0.25) is 9.48 Å². The van der Waals surface area contributed by atoms with Gasteiger partial charge in [-0.1, -0.05) is 18.2 Å². The summed E-state index contributed by atoms with van der Waals surface area (Å²) in [7, 11) is 3.24. The van der Waals surface area contributed by atoms with E-state index in [0.717, 1.165) is 35.8 Å². The molecule has 2 aromatic carbocycles. The standard InChI is InChI=1S/C23H26N4O4/c1-29-19-8-6-17(7-9-19)21-15-27(25-23(21)26-10-12-31-13-11-26)16-22(28)24-18-4-3-5-20(14-18)30-2/h3-9,14-15H,10-13,16H2,1-2H3,(H,24,28). The highest BCUT2D eigenvalue weighted by molar-refractivity contribution is 5.91. The fourth-order valence-corrected chi connectivity index (χ4v) is 3.52. The number of aromatic nitrogens is 2. The molecule has 0 spiro atoms. The number of nitrogens with one attached hydrogen (secondary N) is 1. The first-order valence-electron chi connectivity index (χ1n) is 10.1. The highest BCUT2D eigenvalue weighted by Gasteiger charge is 2.21. The molecule has 1 fully saturated rings. The van der Waals surface area contributed by atoms with E-state index in [2.05, 4.69) is 10.2 Å². The van der Waals surface area contributed by atoms with Crippen LogP contribution in [0.15, 0.2) is 54.7 Å². The minimum atomic E-state index is -0.162. The number of amides is 1. The number of morpholine rings is 1. The number of hydrogen-bond donors (Lipinski definition) is 1. The van der Waals surface area contributed by atoms with Crippen LogP contribution in [0.3, 0.4) is 0 Å². The molecule has 8 heteroatoms. The first-order chi connectivity index (χ1) is 15.2. The minimum absolute atomic E-state index is 0.102. The Hall–Kier alpha value is -3.52. The van der Waals surface area contributed by atoms with Crippen molar-refractivity contribution in [2.24, 2.45) is 0 Å². The van der Waals surface area contributed by atoms with Gasteiger partial charge in [-0.15, -0.1) is 0 Å². The second-order valence-electron chi connectivity index (χ2n) is 7.17. The summed E-state index contributed by atoms with van der Waals surface area (Å²) in [6.45, 7) is 2.94. The average molecular weight is 422 g/mol. The molecule has 0 bridgehead atoms. The predicted molar refractivity (Wildman–Crippen MR) is 119 cm³/mol. The van der Waals surface area contributed by atoms with Crippen molar-refractivity contribution in [3.8, 4) is 22.6 Å². The Labute approximate surface area is 181 Å². The Morgan fingerprint density at radius 1 is 1.06 bits per heavy atom. The summed E-state index contributed by atoms with van der Waals surface area (Å²) in [6.07, 6.45) is 1.91. The molecule has 0 aliphatic carbocycles. The van der Waals surface area contributed by atoms with Gasteiger partial charge in [0.2, 0.25) is 5.91 Å². The van der Waals surface area contributed by atoms with Crippen molar-refractivity contribution >= 4 is 17.4 Å². The van der Waals surface area contributed by atoms with Gasteiger partial charge in [-0.2, -0.15) is 5.10 Å². The molecular formula is C23H26N4O4. The van der Waals surface area contributed by atoms with Gasteiger partial charge in [-0.05, 0) is 29.8 Å². The summed E-state index contributed by atoms with van der Waals surface area (Å²) in [6, 6.07) is 15.1. The number of ether oxygens (including phenoxy) is 3. The van der Waals surface area contributed by atoms with E-state index in [9.17, 15) is 4.79 Å². The van der Waals surface area contributed by atoms with Crippen molar-refractivity contribution in [1.82, 2.24) is 9.78 Å². The van der Waals surface area contributed by atoms with E-state index < -0.39 is 0 Å². The van der Waals surface area contributed by atoms with Crippen LogP contribution in [0, 0.1) is 0 Å². The first-order valence-corrected chi connectivity index (χ1v) is 10.1. The van der Waals surface area contributed by atoms with E-state index in [0.29, 0.717) is 24.7 Å². The first kappa shape index (κ1) is 20.7. The molecule has 162 valence electrons. The molecule has 0 saturated carbocycles. The van der Waals surface area contributed by atoms with Crippen molar-refractivity contribution < 1.29 is 19.0 Å². The largest absolute Gasteiger partial charge is 0.497 e. The van der Waals surface area contributed by atoms with Crippen molar-refractivity contribution in [2.45, 2.75) is 6.54 Å². The maximum Gasteiger partial charge on any atom is 0.246 e. The van der Waals surface area contributed by atoms with Crippen molar-refractivity contribution in [3.63, 3.8) is 0 Å². The molecule has 4 rings (SSSR count). The molecule has 2 heterocycles. The van der Waals surface area contributed by atoms with Crippen LogP contribution < -0.4 is 19.7 Å². The lowest BCUT2D eigenvalue weighted by molar-refractivity contribution is -0.116. The number of carbonyl (C=O) groups is 1. The highest BCUT2D eigenvalue weighted by Crippen LogP contribution is 2.31. The summed E-state index contributed by atoms with van der Waals surface area (Å²) in [5, 5.41) is 7.64. The molecule has 1 amide bonds. The number of benzene rings is 2. The average Bonchev–Trinajstić information content (AvgIpc) is 3.23. The minimum Gasteiger partial charge on any atom is -0.497 e. The quantitative estimate of drug-likeness (QED) is 0.631. The normalized spacial score (nSPS) is 13.7. The number of nitrogens with zero attached hydrogens (tertiary/aromatic N) is 3. The van der Waals surface area contributed by atoms with Gasteiger partial charge in [0.1, 0.15) is 18.0 Å². The van der Waals surface area contributed by atoms with Crippen LogP contribution in [0.1, 0.15) is 0 Å². The summed E-state index contributed by atoms with van der Waals surface area (Å²) >= 11 is 0. The fraction of sp³-hybridized carbons (Fsp3) is 0.304. The van der Waals surface area contributed by atoms with Crippen LogP contribution in [-0.2, 0) is 16.1 Å². The Bertz CT molecular complexity index is 1030. The SMILES string of the molecule is COc1ccc(-c2cn(CC(=O)Nc3cccc(OC)c3)nc2N2CCOCC2)cc1. The van der Waals surface area contributed by atoms with E-state index in [1.807, 2.05) is 48.7 Å². The smallest absolute Gasteiger partial charge is 0.246 e. The third kappa shape index (κ3) is 4.97. The molecule has 8 nitrogen and oxygen atoms in total. The molecule has 1 saturated heterocycles. The third-order valence-electron chi connectivity index (χ3n) is 5.11. The van der Waals surface area contributed by atoms with E-state index in [1.165, 1.54) is 0 Å². The van der Waals surface area contributed by atoms with Crippen LogP contribution in [0.4, 0.5) is 11.5 Å². The molecule has 31 heavy (non-hydrogen) atoms. The number of methoxy groups -OCH3 is 2. The lowest BCUT2D eigenvalue weighted by atomic mass is 10.1. The summed E-state index contributed by atoms with van der Waals surface area (Å²) in [5.41, 5.74) is 2.67. The molecule has 1 aliphatic heterocycles. The Morgan fingerprint density at radius 3 is 2.52 bits per heavy atom. The fourth-order valence-electron chi connectivity index (χ4n) is 3.52. The summed E-state index contributed by atoms with van der Waals surface area (Å²) in [5.74, 6) is 2.17.